The molecule has 168 valence electrons. The predicted molar refractivity (Wildman–Crippen MR) is 141 cm³/mol. The van der Waals surface area contributed by atoms with E-state index in [2.05, 4.69) is 58.3 Å². The molecule has 0 bridgehead atoms. The van der Waals surface area contributed by atoms with Gasteiger partial charge >= 0.3 is 0 Å². The summed E-state index contributed by atoms with van der Waals surface area (Å²) >= 11 is 11.1. The van der Waals surface area contributed by atoms with Crippen molar-refractivity contribution < 1.29 is 4.57 Å². The molecule has 0 N–H and O–H groups in total. The van der Waals surface area contributed by atoms with E-state index >= 15 is 0 Å². The second-order valence-electron chi connectivity index (χ2n) is 7.90. The van der Waals surface area contributed by atoms with Crippen LogP contribution in [0.15, 0.2) is 63.7 Å². The summed E-state index contributed by atoms with van der Waals surface area (Å²) < 4.78 is 5.84. The Kier molecular flexibility index (Phi) is 6.22. The topological polar surface area (TPSA) is 29.1 Å². The molecule has 33 heavy (non-hydrogen) atoms. The lowest BCUT2D eigenvalue weighted by Crippen LogP contribution is -2.36. The number of hydrogen-bond donors (Lipinski definition) is 0. The number of rotatable bonds is 4. The molecule has 0 aliphatic carbocycles. The van der Waals surface area contributed by atoms with Crippen molar-refractivity contribution in [2.24, 2.45) is 0 Å². The molecule has 4 aromatic rings. The van der Waals surface area contributed by atoms with Gasteiger partial charge in [-0.2, -0.15) is 4.57 Å². The highest BCUT2D eigenvalue weighted by atomic mass is 35.5. The molecular formula is C25H23ClN3OS3+. The number of thioether (sulfide) groups is 1. The summed E-state index contributed by atoms with van der Waals surface area (Å²) in [5, 5.41) is 4.89. The third-order valence-corrected chi connectivity index (χ3v) is 9.17. The molecule has 0 fully saturated rings. The number of thiazole rings is 2. The molecule has 2 aromatic carbocycles. The maximum Gasteiger partial charge on any atom is 0.271 e. The highest BCUT2D eigenvalue weighted by Crippen LogP contribution is 2.46. The Labute approximate surface area is 209 Å². The zero-order chi connectivity index (χ0) is 23.1. The van der Waals surface area contributed by atoms with E-state index in [1.54, 1.807) is 34.4 Å². The number of nitrogens with zero attached hydrogens (tertiary/aromatic N) is 3. The van der Waals surface area contributed by atoms with Crippen molar-refractivity contribution in [3.05, 3.63) is 94.7 Å². The number of aryl methyl sites for hydroxylation is 1. The molecule has 0 saturated carbocycles. The summed E-state index contributed by atoms with van der Waals surface area (Å²) in [6.07, 6.45) is 4.25. The van der Waals surface area contributed by atoms with Crippen LogP contribution in [0, 0.1) is 6.92 Å². The van der Waals surface area contributed by atoms with E-state index < -0.39 is 0 Å². The first-order chi connectivity index (χ1) is 15.9. The van der Waals surface area contributed by atoms with E-state index in [1.807, 2.05) is 36.7 Å². The number of anilines is 1. The van der Waals surface area contributed by atoms with Crippen LogP contribution in [-0.4, -0.2) is 11.6 Å². The van der Waals surface area contributed by atoms with Gasteiger partial charge in [-0.25, -0.2) is 0 Å². The lowest BCUT2D eigenvalue weighted by atomic mass is 10.1. The minimum absolute atomic E-state index is 0.0591. The van der Waals surface area contributed by atoms with Gasteiger partial charge in [0.05, 0.1) is 17.1 Å². The normalized spacial score (nSPS) is 15.4. The van der Waals surface area contributed by atoms with Crippen molar-refractivity contribution in [3.8, 4) is 0 Å². The lowest BCUT2D eigenvalue weighted by molar-refractivity contribution is -0.685. The first kappa shape index (κ1) is 22.5. The summed E-state index contributed by atoms with van der Waals surface area (Å²) in [6.45, 7) is 5.57. The van der Waals surface area contributed by atoms with Crippen molar-refractivity contribution in [2.45, 2.75) is 31.8 Å². The van der Waals surface area contributed by atoms with Crippen LogP contribution in [0.4, 0.5) is 5.69 Å². The van der Waals surface area contributed by atoms with Crippen LogP contribution < -0.4 is 24.2 Å². The summed E-state index contributed by atoms with van der Waals surface area (Å²) in [6, 6.07) is 14.4. The third-order valence-electron chi connectivity index (χ3n) is 5.61. The second kappa shape index (κ2) is 9.14. The van der Waals surface area contributed by atoms with Gasteiger partial charge in [0, 0.05) is 29.1 Å². The molecule has 1 aliphatic heterocycles. The van der Waals surface area contributed by atoms with Gasteiger partial charge in [0.25, 0.3) is 10.6 Å². The highest BCUT2D eigenvalue weighted by molar-refractivity contribution is 8.08. The standard InChI is InChI=1S/C25H23ClN3OS3/c1-4-29-22(14-21-28(10-11-31-21)15-17-7-5-6-16(2)12-17)33-23(24(29)30)25-27(3)19-9-8-18(26)13-20(19)32-25/h5-14H,4,15H2,1-3H3/q+1/b25-23+. The Bertz CT molecular complexity index is 1530. The van der Waals surface area contributed by atoms with Crippen molar-refractivity contribution in [1.29, 1.82) is 0 Å². The molecule has 1 aliphatic rings. The van der Waals surface area contributed by atoms with Crippen LogP contribution >= 0.6 is 46.0 Å². The zero-order valence-corrected chi connectivity index (χ0v) is 21.7. The number of fused-ring (bicyclic) bond motifs is 1. The molecule has 5 rings (SSSR count). The van der Waals surface area contributed by atoms with Gasteiger partial charge in [0.15, 0.2) is 12.7 Å². The summed E-state index contributed by atoms with van der Waals surface area (Å²) in [7, 11) is 2.01. The van der Waals surface area contributed by atoms with Crippen LogP contribution in [0.1, 0.15) is 23.1 Å². The number of benzene rings is 2. The molecule has 0 radical (unpaired) electrons. The SMILES string of the molecule is CCn1c(=O)/c(=C2\Sc3cc(Cl)ccc3N2C)s/c1=C\c1scc[n+]1Cc1cccc(C)c1. The van der Waals surface area contributed by atoms with Gasteiger partial charge in [0.1, 0.15) is 14.2 Å². The Morgan fingerprint density at radius 1 is 1.18 bits per heavy atom. The van der Waals surface area contributed by atoms with E-state index in [1.165, 1.54) is 11.1 Å². The zero-order valence-electron chi connectivity index (χ0n) is 18.5. The van der Waals surface area contributed by atoms with Gasteiger partial charge in [-0.05, 0) is 38.1 Å². The van der Waals surface area contributed by atoms with Crippen molar-refractivity contribution in [3.63, 3.8) is 0 Å². The third kappa shape index (κ3) is 4.30. The van der Waals surface area contributed by atoms with Crippen molar-refractivity contribution >= 4 is 62.8 Å². The molecule has 3 heterocycles. The maximum absolute atomic E-state index is 13.4. The average Bonchev–Trinajstić information content (AvgIpc) is 3.44. The number of aromatic nitrogens is 2. The smallest absolute Gasteiger partial charge is 0.271 e. The first-order valence-electron chi connectivity index (χ1n) is 10.6. The molecular weight excluding hydrogens is 490 g/mol. The summed E-state index contributed by atoms with van der Waals surface area (Å²) in [5.41, 5.74) is 3.66. The van der Waals surface area contributed by atoms with Gasteiger partial charge in [-0.3, -0.25) is 9.36 Å². The minimum atomic E-state index is 0.0591. The van der Waals surface area contributed by atoms with Crippen LogP contribution in [0.3, 0.4) is 0 Å². The number of halogens is 1. The number of hydrogen-bond acceptors (Lipinski definition) is 5. The predicted octanol–water partition coefficient (Wildman–Crippen LogP) is 4.43. The largest absolute Gasteiger partial charge is 0.337 e. The minimum Gasteiger partial charge on any atom is -0.337 e. The van der Waals surface area contributed by atoms with Crippen LogP contribution in [0.2, 0.25) is 5.02 Å². The van der Waals surface area contributed by atoms with E-state index in [4.69, 9.17) is 11.6 Å². The Hall–Kier alpha value is -2.32. The molecule has 0 unspecified atom stereocenters. The molecule has 8 heteroatoms. The quantitative estimate of drug-likeness (QED) is 0.379. The van der Waals surface area contributed by atoms with E-state index in [0.29, 0.717) is 11.6 Å². The maximum atomic E-state index is 13.4. The molecule has 2 aromatic heterocycles. The van der Waals surface area contributed by atoms with Crippen molar-refractivity contribution in [2.75, 3.05) is 11.9 Å². The summed E-state index contributed by atoms with van der Waals surface area (Å²) in [5.74, 6) is 0. The van der Waals surface area contributed by atoms with Crippen LogP contribution in [-0.2, 0) is 13.1 Å². The Balaban J connectivity index is 1.60. The van der Waals surface area contributed by atoms with E-state index in [0.717, 1.165) is 36.4 Å². The Morgan fingerprint density at radius 3 is 2.82 bits per heavy atom. The molecule has 0 atom stereocenters. The lowest BCUT2D eigenvalue weighted by Gasteiger charge is -2.12. The van der Waals surface area contributed by atoms with Gasteiger partial charge in [-0.1, -0.05) is 58.5 Å². The van der Waals surface area contributed by atoms with Crippen LogP contribution in [0.5, 0.6) is 0 Å². The fourth-order valence-corrected chi connectivity index (χ4v) is 7.56. The van der Waals surface area contributed by atoms with E-state index in [9.17, 15) is 4.79 Å². The molecule has 0 spiro atoms. The van der Waals surface area contributed by atoms with Crippen LogP contribution in [0.25, 0.3) is 11.1 Å². The highest BCUT2D eigenvalue weighted by Gasteiger charge is 2.25. The molecule has 0 saturated heterocycles. The van der Waals surface area contributed by atoms with Gasteiger partial charge in [0.2, 0.25) is 0 Å². The fraction of sp³-hybridized carbons (Fsp3) is 0.200. The van der Waals surface area contributed by atoms with Gasteiger partial charge in [-0.15, -0.1) is 11.3 Å². The van der Waals surface area contributed by atoms with Crippen molar-refractivity contribution in [1.82, 2.24) is 4.57 Å². The fourth-order valence-electron chi connectivity index (χ4n) is 3.97. The molecule has 4 nitrogen and oxygen atoms in total. The average molecular weight is 513 g/mol. The summed E-state index contributed by atoms with van der Waals surface area (Å²) in [4.78, 5) is 16.5. The van der Waals surface area contributed by atoms with E-state index in [-0.39, 0.29) is 5.56 Å². The Morgan fingerprint density at radius 2 is 2.03 bits per heavy atom. The monoisotopic (exact) mass is 512 g/mol. The first-order valence-corrected chi connectivity index (χ1v) is 13.5. The molecule has 0 amide bonds. The second-order valence-corrected chi connectivity index (χ2v) is 11.3. The van der Waals surface area contributed by atoms with Gasteiger partial charge < -0.3 is 4.90 Å².